The van der Waals surface area contributed by atoms with Crippen molar-refractivity contribution in [3.63, 3.8) is 0 Å². The summed E-state index contributed by atoms with van der Waals surface area (Å²) in [6.45, 7) is 1.60. The second-order valence-electron chi connectivity index (χ2n) is 4.42. The molecule has 0 spiro atoms. The van der Waals surface area contributed by atoms with Crippen molar-refractivity contribution in [1.29, 1.82) is 0 Å². The van der Waals surface area contributed by atoms with Crippen molar-refractivity contribution in [1.82, 2.24) is 4.98 Å². The van der Waals surface area contributed by atoms with Crippen molar-refractivity contribution in [2.24, 2.45) is 4.99 Å². The van der Waals surface area contributed by atoms with Crippen molar-refractivity contribution in [2.45, 2.75) is 6.92 Å². The number of rotatable bonds is 2. The number of aliphatic imine (C=N–C) groups is 1. The largest absolute Gasteiger partial charge is 0.507 e. The summed E-state index contributed by atoms with van der Waals surface area (Å²) in [7, 11) is 0. The first-order valence-corrected chi connectivity index (χ1v) is 6.09. The van der Waals surface area contributed by atoms with Crippen molar-refractivity contribution in [3.05, 3.63) is 58.3 Å². The first kappa shape index (κ1) is 12.2. The molecule has 0 bridgehead atoms. The maximum Gasteiger partial charge on any atom is 0.348 e. The number of fused-ring (bicyclic) bond motifs is 1. The normalized spacial score (nSPS) is 11.4. The zero-order valence-corrected chi connectivity index (χ0v) is 10.8. The molecular weight excluding hydrogens is 256 g/mol. The Balaban J connectivity index is 2.07. The lowest BCUT2D eigenvalue weighted by atomic mass is 10.2. The third-order valence-electron chi connectivity index (χ3n) is 2.99. The number of aryl methyl sites for hydroxylation is 1. The molecule has 1 aromatic carbocycles. The molecule has 0 saturated carbocycles. The van der Waals surface area contributed by atoms with Gasteiger partial charge in [-0.05, 0) is 25.1 Å². The van der Waals surface area contributed by atoms with Gasteiger partial charge in [0.2, 0.25) is 0 Å². The molecule has 0 fully saturated rings. The third-order valence-corrected chi connectivity index (χ3v) is 2.99. The van der Waals surface area contributed by atoms with Crippen LogP contribution in [0.25, 0.3) is 10.9 Å². The number of nitrogens with one attached hydrogen (secondary N) is 1. The van der Waals surface area contributed by atoms with E-state index in [1.807, 2.05) is 30.5 Å². The van der Waals surface area contributed by atoms with Gasteiger partial charge in [-0.2, -0.15) is 0 Å². The monoisotopic (exact) mass is 268 g/mol. The summed E-state index contributed by atoms with van der Waals surface area (Å²) in [4.78, 5) is 19.0. The molecule has 0 radical (unpaired) electrons. The topological polar surface area (TPSA) is 78.6 Å². The highest BCUT2D eigenvalue weighted by molar-refractivity contribution is 5.94. The van der Waals surface area contributed by atoms with Crippen molar-refractivity contribution in [2.75, 3.05) is 0 Å². The Bertz CT molecular complexity index is 859. The minimum atomic E-state index is -0.604. The van der Waals surface area contributed by atoms with E-state index < -0.39 is 5.63 Å². The first-order chi connectivity index (χ1) is 9.65. The van der Waals surface area contributed by atoms with Gasteiger partial charge in [-0.1, -0.05) is 6.07 Å². The van der Waals surface area contributed by atoms with E-state index in [4.69, 9.17) is 4.42 Å². The molecular formula is C15H12N2O3. The lowest BCUT2D eigenvalue weighted by Crippen LogP contribution is -2.07. The van der Waals surface area contributed by atoms with Crippen LogP contribution in [0.2, 0.25) is 0 Å². The Morgan fingerprint density at radius 2 is 2.20 bits per heavy atom. The van der Waals surface area contributed by atoms with Crippen LogP contribution in [0.4, 0.5) is 5.69 Å². The molecule has 3 aromatic rings. The van der Waals surface area contributed by atoms with E-state index in [0.717, 1.165) is 10.9 Å². The fourth-order valence-electron chi connectivity index (χ4n) is 2.04. The summed E-state index contributed by atoms with van der Waals surface area (Å²) < 4.78 is 4.94. The van der Waals surface area contributed by atoms with E-state index in [2.05, 4.69) is 9.98 Å². The molecule has 2 heterocycles. The van der Waals surface area contributed by atoms with Crippen LogP contribution in [-0.2, 0) is 0 Å². The molecule has 5 heteroatoms. The molecule has 20 heavy (non-hydrogen) atoms. The fraction of sp³-hybridized carbons (Fsp3) is 0.0667. The van der Waals surface area contributed by atoms with Gasteiger partial charge in [0.1, 0.15) is 17.1 Å². The van der Waals surface area contributed by atoms with Gasteiger partial charge in [0.05, 0.1) is 5.69 Å². The van der Waals surface area contributed by atoms with Gasteiger partial charge in [0.15, 0.2) is 0 Å². The standard InChI is InChI=1S/C15H12N2O3/c1-9-7-14(18)11(15(19)20-9)8-17-13-4-2-3-12-10(13)5-6-16-12/h2-8,16,18H,1H3. The Labute approximate surface area is 114 Å². The minimum Gasteiger partial charge on any atom is -0.507 e. The summed E-state index contributed by atoms with van der Waals surface area (Å²) in [5, 5.41) is 10.7. The number of aromatic nitrogens is 1. The summed E-state index contributed by atoms with van der Waals surface area (Å²) in [6, 6.07) is 8.92. The van der Waals surface area contributed by atoms with Crippen LogP contribution in [0.15, 0.2) is 50.7 Å². The average Bonchev–Trinajstić information content (AvgIpc) is 2.86. The van der Waals surface area contributed by atoms with Crippen molar-refractivity contribution >= 4 is 22.8 Å². The molecule has 5 nitrogen and oxygen atoms in total. The lowest BCUT2D eigenvalue weighted by Gasteiger charge is -1.99. The zero-order chi connectivity index (χ0) is 14.1. The second-order valence-corrected chi connectivity index (χ2v) is 4.42. The summed E-state index contributed by atoms with van der Waals surface area (Å²) >= 11 is 0. The second kappa shape index (κ2) is 4.70. The first-order valence-electron chi connectivity index (χ1n) is 6.09. The van der Waals surface area contributed by atoms with Gasteiger partial charge in [0, 0.05) is 29.4 Å². The third kappa shape index (κ3) is 2.09. The molecule has 0 atom stereocenters. The molecule has 100 valence electrons. The maximum atomic E-state index is 11.7. The molecule has 0 aliphatic carbocycles. The van der Waals surface area contributed by atoms with Crippen LogP contribution in [-0.4, -0.2) is 16.3 Å². The molecule has 3 rings (SSSR count). The quantitative estimate of drug-likeness (QED) is 0.701. The number of benzene rings is 1. The lowest BCUT2D eigenvalue weighted by molar-refractivity contribution is 0.433. The van der Waals surface area contributed by atoms with E-state index in [0.29, 0.717) is 11.4 Å². The van der Waals surface area contributed by atoms with Gasteiger partial charge in [0.25, 0.3) is 0 Å². The summed E-state index contributed by atoms with van der Waals surface area (Å²) in [5.74, 6) is 0.223. The number of nitrogens with zero attached hydrogens (tertiary/aromatic N) is 1. The Kier molecular flexibility index (Phi) is 2.87. The molecule has 0 aliphatic rings. The van der Waals surface area contributed by atoms with E-state index in [1.54, 1.807) is 6.92 Å². The molecule has 0 amide bonds. The van der Waals surface area contributed by atoms with Gasteiger partial charge < -0.3 is 14.5 Å². The molecule has 0 unspecified atom stereocenters. The molecule has 0 aliphatic heterocycles. The van der Waals surface area contributed by atoms with Crippen LogP contribution >= 0.6 is 0 Å². The fourth-order valence-corrected chi connectivity index (χ4v) is 2.04. The Morgan fingerprint density at radius 1 is 1.35 bits per heavy atom. The number of H-pyrrole nitrogens is 1. The van der Waals surface area contributed by atoms with Gasteiger partial charge in [-0.3, -0.25) is 4.99 Å². The maximum absolute atomic E-state index is 11.7. The Morgan fingerprint density at radius 3 is 3.00 bits per heavy atom. The van der Waals surface area contributed by atoms with Crippen LogP contribution in [0.1, 0.15) is 11.3 Å². The number of hydrogen-bond acceptors (Lipinski definition) is 4. The summed E-state index contributed by atoms with van der Waals surface area (Å²) in [6.07, 6.45) is 3.14. The van der Waals surface area contributed by atoms with E-state index >= 15 is 0 Å². The predicted octanol–water partition coefficient (Wildman–Crippen LogP) is 2.89. The smallest absolute Gasteiger partial charge is 0.348 e. The van der Waals surface area contributed by atoms with Gasteiger partial charge >= 0.3 is 5.63 Å². The summed E-state index contributed by atoms with van der Waals surface area (Å²) in [5.41, 5.74) is 1.11. The number of hydrogen-bond donors (Lipinski definition) is 2. The number of aromatic hydroxyl groups is 1. The van der Waals surface area contributed by atoms with Gasteiger partial charge in [-0.25, -0.2) is 4.79 Å². The van der Waals surface area contributed by atoms with E-state index in [-0.39, 0.29) is 11.3 Å². The van der Waals surface area contributed by atoms with Crippen LogP contribution in [0.3, 0.4) is 0 Å². The zero-order valence-electron chi connectivity index (χ0n) is 10.8. The molecule has 0 saturated heterocycles. The average molecular weight is 268 g/mol. The minimum absolute atomic E-state index is 0.0446. The van der Waals surface area contributed by atoms with Crippen LogP contribution in [0, 0.1) is 6.92 Å². The highest BCUT2D eigenvalue weighted by Crippen LogP contribution is 2.25. The number of aromatic amines is 1. The molecule has 2 N–H and O–H groups in total. The van der Waals surface area contributed by atoms with Crippen molar-refractivity contribution in [3.8, 4) is 5.75 Å². The molecule has 2 aromatic heterocycles. The van der Waals surface area contributed by atoms with Crippen LogP contribution < -0.4 is 5.63 Å². The highest BCUT2D eigenvalue weighted by Gasteiger charge is 2.07. The SMILES string of the molecule is Cc1cc(O)c(C=Nc2cccc3[nH]ccc23)c(=O)o1. The van der Waals surface area contributed by atoms with Crippen LogP contribution in [0.5, 0.6) is 5.75 Å². The van der Waals surface area contributed by atoms with Crippen molar-refractivity contribution < 1.29 is 9.52 Å². The predicted molar refractivity (Wildman–Crippen MR) is 76.9 cm³/mol. The van der Waals surface area contributed by atoms with E-state index in [1.165, 1.54) is 12.3 Å². The Hall–Kier alpha value is -2.82. The van der Waals surface area contributed by atoms with Gasteiger partial charge in [-0.15, -0.1) is 0 Å². The highest BCUT2D eigenvalue weighted by atomic mass is 16.4. The van der Waals surface area contributed by atoms with E-state index in [9.17, 15) is 9.90 Å².